The Morgan fingerprint density at radius 1 is 1.43 bits per heavy atom. The molecule has 1 fully saturated rings. The van der Waals surface area contributed by atoms with Crippen molar-refractivity contribution in [2.75, 3.05) is 6.54 Å². The molecule has 2 unspecified atom stereocenters. The van der Waals surface area contributed by atoms with Crippen LogP contribution in [0.15, 0.2) is 0 Å². The van der Waals surface area contributed by atoms with Gasteiger partial charge in [-0.05, 0) is 37.6 Å². The molecule has 0 bridgehead atoms. The van der Waals surface area contributed by atoms with Crippen molar-refractivity contribution in [1.82, 2.24) is 5.32 Å². The molecule has 1 saturated carbocycles. The highest BCUT2D eigenvalue weighted by Crippen LogP contribution is 2.36. The van der Waals surface area contributed by atoms with Gasteiger partial charge in [0.05, 0.1) is 0 Å². The minimum atomic E-state index is -0.683. The van der Waals surface area contributed by atoms with Crippen molar-refractivity contribution in [2.45, 2.75) is 45.6 Å². The second-order valence-electron chi connectivity index (χ2n) is 4.77. The quantitative estimate of drug-likeness (QED) is 0.729. The number of rotatable bonds is 3. The topological polar surface area (TPSA) is 49.3 Å². The maximum atomic E-state index is 11.3. The van der Waals surface area contributed by atoms with Gasteiger partial charge in [-0.2, -0.15) is 0 Å². The van der Waals surface area contributed by atoms with Crippen LogP contribution in [-0.4, -0.2) is 23.2 Å². The van der Waals surface area contributed by atoms with Gasteiger partial charge in [0.2, 0.25) is 0 Å². The molecule has 1 rings (SSSR count). The second kappa shape index (κ2) is 4.30. The zero-order valence-corrected chi connectivity index (χ0v) is 9.34. The summed E-state index contributed by atoms with van der Waals surface area (Å²) >= 11 is 0. The molecule has 0 heterocycles. The molecule has 82 valence electrons. The molecule has 0 aliphatic heterocycles. The SMILES string of the molecule is CCNC1(C(=O)O)CC(C)CC(C)C1. The van der Waals surface area contributed by atoms with E-state index in [2.05, 4.69) is 19.2 Å². The minimum Gasteiger partial charge on any atom is -0.480 e. The summed E-state index contributed by atoms with van der Waals surface area (Å²) in [5.74, 6) is 0.334. The first-order valence-corrected chi connectivity index (χ1v) is 5.48. The average Bonchev–Trinajstić information content (AvgIpc) is 2.02. The van der Waals surface area contributed by atoms with Crippen molar-refractivity contribution >= 4 is 5.97 Å². The molecule has 1 aliphatic rings. The predicted molar refractivity (Wildman–Crippen MR) is 56.2 cm³/mol. The van der Waals surface area contributed by atoms with Crippen LogP contribution >= 0.6 is 0 Å². The van der Waals surface area contributed by atoms with Gasteiger partial charge in [0, 0.05) is 0 Å². The van der Waals surface area contributed by atoms with Gasteiger partial charge in [0.1, 0.15) is 5.54 Å². The molecule has 0 aromatic heterocycles. The van der Waals surface area contributed by atoms with E-state index in [-0.39, 0.29) is 0 Å². The molecule has 1 aliphatic carbocycles. The van der Waals surface area contributed by atoms with Gasteiger partial charge in [-0.1, -0.05) is 20.8 Å². The monoisotopic (exact) mass is 199 g/mol. The largest absolute Gasteiger partial charge is 0.480 e. The first-order valence-electron chi connectivity index (χ1n) is 5.48. The number of aliphatic carboxylic acids is 1. The lowest BCUT2D eigenvalue weighted by atomic mass is 9.71. The van der Waals surface area contributed by atoms with Crippen LogP contribution in [0.2, 0.25) is 0 Å². The molecule has 2 N–H and O–H groups in total. The van der Waals surface area contributed by atoms with E-state index >= 15 is 0 Å². The summed E-state index contributed by atoms with van der Waals surface area (Å²) in [7, 11) is 0. The molecule has 0 amide bonds. The van der Waals surface area contributed by atoms with E-state index < -0.39 is 11.5 Å². The summed E-state index contributed by atoms with van der Waals surface area (Å²) in [4.78, 5) is 11.3. The highest BCUT2D eigenvalue weighted by Gasteiger charge is 2.43. The Kier molecular flexibility index (Phi) is 3.53. The summed E-state index contributed by atoms with van der Waals surface area (Å²) in [6, 6.07) is 0. The third kappa shape index (κ3) is 2.27. The van der Waals surface area contributed by atoms with Crippen molar-refractivity contribution in [3.05, 3.63) is 0 Å². The first-order chi connectivity index (χ1) is 6.50. The lowest BCUT2D eigenvalue weighted by molar-refractivity contribution is -0.148. The Morgan fingerprint density at radius 3 is 2.29 bits per heavy atom. The van der Waals surface area contributed by atoms with Gasteiger partial charge in [-0.3, -0.25) is 4.79 Å². The van der Waals surface area contributed by atoms with Crippen LogP contribution in [0.25, 0.3) is 0 Å². The molecule has 0 aromatic carbocycles. The number of likely N-dealkylation sites (N-methyl/N-ethyl adjacent to an activating group) is 1. The molecule has 0 aromatic rings. The van der Waals surface area contributed by atoms with Crippen LogP contribution in [0.3, 0.4) is 0 Å². The van der Waals surface area contributed by atoms with Crippen LogP contribution in [0.5, 0.6) is 0 Å². The van der Waals surface area contributed by atoms with Crippen molar-refractivity contribution in [3.63, 3.8) is 0 Å². The Bertz CT molecular complexity index is 205. The third-order valence-corrected chi connectivity index (χ3v) is 3.12. The van der Waals surface area contributed by atoms with Gasteiger partial charge in [0.15, 0.2) is 0 Å². The Labute approximate surface area is 85.9 Å². The van der Waals surface area contributed by atoms with E-state index in [1.54, 1.807) is 0 Å². The highest BCUT2D eigenvalue weighted by atomic mass is 16.4. The average molecular weight is 199 g/mol. The van der Waals surface area contributed by atoms with Crippen LogP contribution < -0.4 is 5.32 Å². The zero-order valence-electron chi connectivity index (χ0n) is 9.34. The maximum Gasteiger partial charge on any atom is 0.323 e. The number of hydrogen-bond acceptors (Lipinski definition) is 2. The number of carboxylic acid groups (broad SMARTS) is 1. The lowest BCUT2D eigenvalue weighted by Gasteiger charge is -2.40. The van der Waals surface area contributed by atoms with E-state index in [9.17, 15) is 9.90 Å². The highest BCUT2D eigenvalue weighted by molar-refractivity contribution is 5.79. The van der Waals surface area contributed by atoms with Crippen molar-refractivity contribution in [2.24, 2.45) is 11.8 Å². The Morgan fingerprint density at radius 2 is 1.93 bits per heavy atom. The fourth-order valence-electron chi connectivity index (χ4n) is 2.86. The molecule has 3 nitrogen and oxygen atoms in total. The zero-order chi connectivity index (χ0) is 10.8. The van der Waals surface area contributed by atoms with Gasteiger partial charge >= 0.3 is 5.97 Å². The molecule has 3 heteroatoms. The fraction of sp³-hybridized carbons (Fsp3) is 0.909. The fourth-order valence-corrected chi connectivity index (χ4v) is 2.86. The van der Waals surface area contributed by atoms with Gasteiger partial charge in [0.25, 0.3) is 0 Å². The summed E-state index contributed by atoms with van der Waals surface area (Å²) < 4.78 is 0. The molecule has 0 radical (unpaired) electrons. The van der Waals surface area contributed by atoms with Gasteiger partial charge in [-0.25, -0.2) is 0 Å². The molecule has 14 heavy (non-hydrogen) atoms. The Hall–Kier alpha value is -0.570. The number of carbonyl (C=O) groups is 1. The summed E-state index contributed by atoms with van der Waals surface area (Å²) in [6.45, 7) is 6.98. The molecule has 2 atom stereocenters. The normalized spacial score (nSPS) is 38.2. The smallest absolute Gasteiger partial charge is 0.323 e. The van der Waals surface area contributed by atoms with Crippen LogP contribution in [-0.2, 0) is 4.79 Å². The van der Waals surface area contributed by atoms with Gasteiger partial charge in [-0.15, -0.1) is 0 Å². The number of nitrogens with one attached hydrogen (secondary N) is 1. The Balaban J connectivity index is 2.79. The van der Waals surface area contributed by atoms with Gasteiger partial charge < -0.3 is 10.4 Å². The van der Waals surface area contributed by atoms with Crippen LogP contribution in [0, 0.1) is 11.8 Å². The van der Waals surface area contributed by atoms with E-state index in [0.717, 1.165) is 25.8 Å². The number of carboxylic acids is 1. The van der Waals surface area contributed by atoms with Crippen LogP contribution in [0.1, 0.15) is 40.0 Å². The van der Waals surface area contributed by atoms with E-state index in [4.69, 9.17) is 0 Å². The van der Waals surface area contributed by atoms with Crippen molar-refractivity contribution < 1.29 is 9.90 Å². The lowest BCUT2D eigenvalue weighted by Crippen LogP contribution is -2.56. The molecular formula is C11H21NO2. The maximum absolute atomic E-state index is 11.3. The van der Waals surface area contributed by atoms with Crippen LogP contribution in [0.4, 0.5) is 0 Å². The molecule has 0 saturated heterocycles. The van der Waals surface area contributed by atoms with E-state index in [1.165, 1.54) is 0 Å². The minimum absolute atomic E-state index is 0.508. The standard InChI is InChI=1S/C11H21NO2/c1-4-12-11(10(13)14)6-8(2)5-9(3)7-11/h8-9,12H,4-7H2,1-3H3,(H,13,14). The van der Waals surface area contributed by atoms with E-state index in [0.29, 0.717) is 11.8 Å². The summed E-state index contributed by atoms with van der Waals surface area (Å²) in [6.07, 6.45) is 2.68. The predicted octanol–water partition coefficient (Wildman–Crippen LogP) is 1.88. The summed E-state index contributed by atoms with van der Waals surface area (Å²) in [5.41, 5.74) is -0.661. The van der Waals surface area contributed by atoms with E-state index in [1.807, 2.05) is 6.92 Å². The second-order valence-corrected chi connectivity index (χ2v) is 4.77. The van der Waals surface area contributed by atoms with Crippen molar-refractivity contribution in [1.29, 1.82) is 0 Å². The summed E-state index contributed by atoms with van der Waals surface area (Å²) in [5, 5.41) is 12.5. The first kappa shape index (κ1) is 11.5. The third-order valence-electron chi connectivity index (χ3n) is 3.12. The molecular weight excluding hydrogens is 178 g/mol. The molecule has 0 spiro atoms. The number of hydrogen-bond donors (Lipinski definition) is 2. The van der Waals surface area contributed by atoms with Crippen molar-refractivity contribution in [3.8, 4) is 0 Å².